The van der Waals surface area contributed by atoms with Crippen LogP contribution in [0.25, 0.3) is 0 Å². The summed E-state index contributed by atoms with van der Waals surface area (Å²) in [4.78, 5) is 10.6. The Kier molecular flexibility index (Phi) is 7.69. The van der Waals surface area contributed by atoms with Crippen molar-refractivity contribution in [1.82, 2.24) is 0 Å². The van der Waals surface area contributed by atoms with E-state index in [1.807, 2.05) is 29.1 Å². The van der Waals surface area contributed by atoms with Crippen LogP contribution in [0.15, 0.2) is 47.6 Å². The van der Waals surface area contributed by atoms with Gasteiger partial charge in [0.25, 0.3) is 0 Å². The second-order valence-corrected chi connectivity index (χ2v) is 6.63. The number of methoxy groups -OCH3 is 1. The Morgan fingerprint density at radius 3 is 2.28 bits per heavy atom. The highest BCUT2D eigenvalue weighted by molar-refractivity contribution is 7.85. The average molecular weight is 367 g/mol. The van der Waals surface area contributed by atoms with E-state index >= 15 is 0 Å². The number of carbonyl (C=O) groups excluding carboxylic acids is 1. The standard InChI is InChI=1S/C10H14NO2.C7H8O4S/c1-9(12)10-3-5-11(6-4-10)7-8-13-2;1-5-2-3-6(8)4-7(5)12(9,10)11/h3-6H,7-8H2,1-2H3;2-4,8H,1H3,(H,9,10,11)/q+1;/p-1. The molecule has 0 aliphatic rings. The molecule has 25 heavy (non-hydrogen) atoms. The second kappa shape index (κ2) is 9.26. The third-order valence-corrected chi connectivity index (χ3v) is 4.27. The zero-order valence-corrected chi connectivity index (χ0v) is 15.1. The van der Waals surface area contributed by atoms with Crippen molar-refractivity contribution in [3.63, 3.8) is 0 Å². The van der Waals surface area contributed by atoms with Crippen molar-refractivity contribution in [3.05, 3.63) is 53.9 Å². The zero-order valence-electron chi connectivity index (χ0n) is 14.3. The molecular weight excluding hydrogens is 346 g/mol. The van der Waals surface area contributed by atoms with Crippen molar-refractivity contribution in [2.45, 2.75) is 25.3 Å². The molecule has 1 aromatic heterocycles. The molecule has 0 radical (unpaired) electrons. The van der Waals surface area contributed by atoms with Crippen LogP contribution in [-0.2, 0) is 21.4 Å². The van der Waals surface area contributed by atoms with Gasteiger partial charge in [-0.2, -0.15) is 0 Å². The summed E-state index contributed by atoms with van der Waals surface area (Å²) in [6.07, 6.45) is 3.77. The number of phenolic OH excluding ortho intramolecular Hbond substituents is 1. The van der Waals surface area contributed by atoms with Crippen molar-refractivity contribution in [3.8, 4) is 5.75 Å². The molecule has 2 aromatic rings. The number of Topliss-reactive ketones (excluding diaryl/α,β-unsaturated/α-hetero) is 1. The molecule has 0 spiro atoms. The van der Waals surface area contributed by atoms with E-state index in [0.29, 0.717) is 12.2 Å². The SMILES string of the molecule is COCC[n+]1ccc(C(C)=O)cc1.Cc1ccc(O)cc1S(=O)(=O)[O-]. The first-order valence-corrected chi connectivity index (χ1v) is 8.80. The van der Waals surface area contributed by atoms with Crippen LogP contribution < -0.4 is 4.57 Å². The Bertz CT molecular complexity index is 816. The first-order valence-electron chi connectivity index (χ1n) is 7.39. The van der Waals surface area contributed by atoms with Crippen molar-refractivity contribution >= 4 is 15.9 Å². The number of benzene rings is 1. The Hall–Kier alpha value is -2.29. The molecule has 8 heteroatoms. The predicted molar refractivity (Wildman–Crippen MR) is 89.3 cm³/mol. The maximum absolute atomic E-state index is 10.9. The number of phenols is 1. The molecule has 0 aliphatic heterocycles. The van der Waals surface area contributed by atoms with Crippen LogP contribution in [0.3, 0.4) is 0 Å². The topological polar surface area (TPSA) is 108 Å². The molecular formula is C17H21NO6S. The van der Waals surface area contributed by atoms with Gasteiger partial charge in [-0.05, 0) is 31.5 Å². The average Bonchev–Trinajstić information content (AvgIpc) is 2.55. The van der Waals surface area contributed by atoms with E-state index in [9.17, 15) is 17.8 Å². The Balaban J connectivity index is 0.000000251. The number of carbonyl (C=O) groups is 1. The first kappa shape index (κ1) is 20.8. The van der Waals surface area contributed by atoms with Gasteiger partial charge in [-0.25, -0.2) is 13.0 Å². The van der Waals surface area contributed by atoms with Gasteiger partial charge in [0.05, 0.1) is 4.90 Å². The van der Waals surface area contributed by atoms with E-state index in [1.165, 1.54) is 19.1 Å². The van der Waals surface area contributed by atoms with Crippen LogP contribution in [-0.4, -0.2) is 37.6 Å². The minimum Gasteiger partial charge on any atom is -0.744 e. The summed E-state index contributed by atoms with van der Waals surface area (Å²) < 4.78 is 38.5. The lowest BCUT2D eigenvalue weighted by atomic mass is 10.2. The molecule has 0 fully saturated rings. The van der Waals surface area contributed by atoms with Gasteiger partial charge >= 0.3 is 0 Å². The molecule has 1 heterocycles. The molecule has 1 N–H and O–H groups in total. The minimum atomic E-state index is -4.47. The van der Waals surface area contributed by atoms with Crippen molar-refractivity contribution in [2.24, 2.45) is 0 Å². The fraction of sp³-hybridized carbons (Fsp3) is 0.294. The number of ether oxygens (including phenoxy) is 1. The van der Waals surface area contributed by atoms with E-state index in [2.05, 4.69) is 0 Å². The summed E-state index contributed by atoms with van der Waals surface area (Å²) >= 11 is 0. The normalized spacial score (nSPS) is 10.7. The van der Waals surface area contributed by atoms with Crippen LogP contribution in [0.1, 0.15) is 22.8 Å². The van der Waals surface area contributed by atoms with Crippen LogP contribution in [0.4, 0.5) is 0 Å². The zero-order chi connectivity index (χ0) is 19.0. The number of nitrogens with zero attached hydrogens (tertiary/aromatic N) is 1. The van der Waals surface area contributed by atoms with Gasteiger partial charge in [-0.15, -0.1) is 0 Å². The fourth-order valence-corrected chi connectivity index (χ4v) is 2.62. The van der Waals surface area contributed by atoms with E-state index in [4.69, 9.17) is 9.84 Å². The highest BCUT2D eigenvalue weighted by atomic mass is 32.2. The Morgan fingerprint density at radius 2 is 1.84 bits per heavy atom. The number of pyridine rings is 1. The van der Waals surface area contributed by atoms with Crippen LogP contribution in [0.2, 0.25) is 0 Å². The third kappa shape index (κ3) is 7.00. The highest BCUT2D eigenvalue weighted by Crippen LogP contribution is 2.19. The Labute approximate surface area is 147 Å². The number of aromatic hydroxyl groups is 1. The lowest BCUT2D eigenvalue weighted by Crippen LogP contribution is -2.35. The molecule has 1 aromatic carbocycles. The number of hydrogen-bond acceptors (Lipinski definition) is 6. The highest BCUT2D eigenvalue weighted by Gasteiger charge is 2.05. The van der Waals surface area contributed by atoms with Gasteiger partial charge in [0, 0.05) is 24.8 Å². The van der Waals surface area contributed by atoms with Gasteiger partial charge in [0.15, 0.2) is 24.7 Å². The lowest BCUT2D eigenvalue weighted by molar-refractivity contribution is -0.698. The quantitative estimate of drug-likeness (QED) is 0.487. The number of hydrogen-bond donors (Lipinski definition) is 1. The monoisotopic (exact) mass is 367 g/mol. The second-order valence-electron chi connectivity index (χ2n) is 5.28. The maximum Gasteiger partial charge on any atom is 0.171 e. The van der Waals surface area contributed by atoms with E-state index in [0.717, 1.165) is 18.2 Å². The summed E-state index contributed by atoms with van der Waals surface area (Å²) in [5.74, 6) is -0.131. The van der Waals surface area contributed by atoms with Crippen molar-refractivity contribution < 1.29 is 32.2 Å². The van der Waals surface area contributed by atoms with E-state index < -0.39 is 10.1 Å². The summed E-state index contributed by atoms with van der Waals surface area (Å²) in [7, 11) is -2.79. The molecule has 0 saturated heterocycles. The molecule has 0 saturated carbocycles. The Morgan fingerprint density at radius 1 is 1.24 bits per heavy atom. The number of ketones is 1. The molecule has 2 rings (SSSR count). The van der Waals surface area contributed by atoms with Crippen LogP contribution >= 0.6 is 0 Å². The summed E-state index contributed by atoms with van der Waals surface area (Å²) in [6, 6.07) is 7.28. The van der Waals surface area contributed by atoms with Crippen molar-refractivity contribution in [1.29, 1.82) is 0 Å². The summed E-state index contributed by atoms with van der Waals surface area (Å²) in [5, 5.41) is 8.90. The molecule has 0 atom stereocenters. The van der Waals surface area contributed by atoms with E-state index in [1.54, 1.807) is 14.0 Å². The minimum absolute atomic E-state index is 0.0962. The van der Waals surface area contributed by atoms with Crippen LogP contribution in [0, 0.1) is 6.92 Å². The van der Waals surface area contributed by atoms with Crippen LogP contribution in [0.5, 0.6) is 5.75 Å². The third-order valence-electron chi connectivity index (χ3n) is 3.29. The van der Waals surface area contributed by atoms with Gasteiger partial charge < -0.3 is 14.4 Å². The maximum atomic E-state index is 10.9. The van der Waals surface area contributed by atoms with Gasteiger partial charge in [-0.3, -0.25) is 4.79 Å². The molecule has 0 unspecified atom stereocenters. The molecule has 136 valence electrons. The summed E-state index contributed by atoms with van der Waals surface area (Å²) in [5.41, 5.74) is 1.08. The first-order chi connectivity index (χ1) is 11.6. The van der Waals surface area contributed by atoms with Gasteiger partial charge in [-0.1, -0.05) is 6.07 Å². The molecule has 0 bridgehead atoms. The lowest BCUT2D eigenvalue weighted by Gasteiger charge is -2.09. The largest absolute Gasteiger partial charge is 0.744 e. The molecule has 0 amide bonds. The summed E-state index contributed by atoms with van der Waals surface area (Å²) in [6.45, 7) is 4.55. The molecule has 7 nitrogen and oxygen atoms in total. The van der Waals surface area contributed by atoms with Crippen molar-refractivity contribution in [2.75, 3.05) is 13.7 Å². The van der Waals surface area contributed by atoms with E-state index in [-0.39, 0.29) is 16.4 Å². The fourth-order valence-electron chi connectivity index (χ4n) is 1.90. The van der Waals surface area contributed by atoms with Gasteiger partial charge in [0.2, 0.25) is 0 Å². The number of rotatable bonds is 5. The number of aryl methyl sites for hydroxylation is 1. The smallest absolute Gasteiger partial charge is 0.171 e. The van der Waals surface area contributed by atoms with Gasteiger partial charge in [0.1, 0.15) is 22.5 Å². The molecule has 0 aliphatic carbocycles. The number of aromatic nitrogens is 1. The predicted octanol–water partition coefficient (Wildman–Crippen LogP) is 1.43.